The number of hydrogen-bond donors (Lipinski definition) is 1. The molecule has 5 heteroatoms. The van der Waals surface area contributed by atoms with Crippen LogP contribution in [0.4, 0.5) is 0 Å². The van der Waals surface area contributed by atoms with Crippen molar-refractivity contribution in [2.24, 2.45) is 5.73 Å². The van der Waals surface area contributed by atoms with Crippen LogP contribution in [0.15, 0.2) is 24.3 Å². The van der Waals surface area contributed by atoms with E-state index in [9.17, 15) is 0 Å². The van der Waals surface area contributed by atoms with E-state index in [1.54, 1.807) is 0 Å². The molecule has 1 fully saturated rings. The van der Waals surface area contributed by atoms with Crippen LogP contribution in [0, 0.1) is 6.92 Å². The summed E-state index contributed by atoms with van der Waals surface area (Å²) in [5.74, 6) is 0. The zero-order chi connectivity index (χ0) is 14.8. The van der Waals surface area contributed by atoms with Crippen molar-refractivity contribution < 1.29 is 4.74 Å². The van der Waals surface area contributed by atoms with Gasteiger partial charge in [0.1, 0.15) is 5.15 Å². The quantitative estimate of drug-likeness (QED) is 0.885. The first-order valence-electron chi connectivity index (χ1n) is 7.25. The minimum Gasteiger partial charge on any atom is -0.374 e. The van der Waals surface area contributed by atoms with Crippen LogP contribution < -0.4 is 5.73 Å². The molecular weight excluding hydrogens is 286 g/mol. The number of benzene rings is 1. The Morgan fingerprint density at radius 3 is 3.10 bits per heavy atom. The van der Waals surface area contributed by atoms with Gasteiger partial charge in [0.25, 0.3) is 0 Å². The Morgan fingerprint density at radius 2 is 2.29 bits per heavy atom. The molecule has 1 unspecified atom stereocenters. The van der Waals surface area contributed by atoms with Gasteiger partial charge in [0, 0.05) is 37.1 Å². The number of pyridine rings is 1. The summed E-state index contributed by atoms with van der Waals surface area (Å²) >= 11 is 6.35. The van der Waals surface area contributed by atoms with E-state index in [-0.39, 0.29) is 6.10 Å². The third-order valence-electron chi connectivity index (χ3n) is 3.88. The number of nitrogens with two attached hydrogens (primary N) is 1. The fraction of sp³-hybridized carbons (Fsp3) is 0.438. The van der Waals surface area contributed by atoms with E-state index in [1.165, 1.54) is 5.56 Å². The topological polar surface area (TPSA) is 51.4 Å². The van der Waals surface area contributed by atoms with Gasteiger partial charge in [-0.1, -0.05) is 23.7 Å². The smallest absolute Gasteiger partial charge is 0.134 e. The Balaban J connectivity index is 1.83. The molecule has 0 saturated carbocycles. The zero-order valence-corrected chi connectivity index (χ0v) is 12.9. The van der Waals surface area contributed by atoms with Gasteiger partial charge in [-0.25, -0.2) is 4.98 Å². The molecule has 2 heterocycles. The monoisotopic (exact) mass is 305 g/mol. The highest BCUT2D eigenvalue weighted by Gasteiger charge is 2.20. The SMILES string of the molecule is Cc1ccc2cc(CN3CCOC(CN)C3)c(Cl)nc2c1. The Hall–Kier alpha value is -1.20. The van der Waals surface area contributed by atoms with Crippen LogP contribution in [0.3, 0.4) is 0 Å². The summed E-state index contributed by atoms with van der Waals surface area (Å²) in [6, 6.07) is 8.39. The molecule has 1 aromatic carbocycles. The standard InChI is InChI=1S/C16H20ClN3O/c1-11-2-3-12-7-13(16(17)19-15(12)6-11)9-20-4-5-21-14(8-18)10-20/h2-3,6-7,14H,4-5,8-10,18H2,1H3. The first-order chi connectivity index (χ1) is 10.2. The molecule has 1 aliphatic heterocycles. The molecule has 1 atom stereocenters. The fourth-order valence-electron chi connectivity index (χ4n) is 2.72. The van der Waals surface area contributed by atoms with Gasteiger partial charge >= 0.3 is 0 Å². The molecule has 1 aromatic heterocycles. The van der Waals surface area contributed by atoms with Crippen molar-refractivity contribution in [3.8, 4) is 0 Å². The predicted octanol–water partition coefficient (Wildman–Crippen LogP) is 2.36. The summed E-state index contributed by atoms with van der Waals surface area (Å²) < 4.78 is 5.59. The highest BCUT2D eigenvalue weighted by molar-refractivity contribution is 6.30. The maximum Gasteiger partial charge on any atom is 0.134 e. The van der Waals surface area contributed by atoms with Crippen molar-refractivity contribution in [3.63, 3.8) is 0 Å². The molecule has 0 radical (unpaired) electrons. The fourth-order valence-corrected chi connectivity index (χ4v) is 2.92. The van der Waals surface area contributed by atoms with E-state index in [0.717, 1.165) is 42.7 Å². The van der Waals surface area contributed by atoms with Gasteiger partial charge < -0.3 is 10.5 Å². The van der Waals surface area contributed by atoms with Crippen molar-refractivity contribution in [2.75, 3.05) is 26.2 Å². The molecular formula is C16H20ClN3O. The summed E-state index contributed by atoms with van der Waals surface area (Å²) in [5.41, 5.74) is 8.89. The second-order valence-electron chi connectivity index (χ2n) is 5.60. The second kappa shape index (κ2) is 6.28. The maximum atomic E-state index is 6.35. The molecule has 4 nitrogen and oxygen atoms in total. The molecule has 3 rings (SSSR count). The van der Waals surface area contributed by atoms with Gasteiger partial charge in [-0.05, 0) is 24.6 Å². The Bertz CT molecular complexity index is 647. The Kier molecular flexibility index (Phi) is 4.40. The van der Waals surface area contributed by atoms with Crippen molar-refractivity contribution in [1.82, 2.24) is 9.88 Å². The summed E-state index contributed by atoms with van der Waals surface area (Å²) in [5, 5.41) is 1.72. The molecule has 2 aromatic rings. The number of ether oxygens (including phenoxy) is 1. The Labute approximate surface area is 129 Å². The number of morpholine rings is 1. The van der Waals surface area contributed by atoms with Gasteiger partial charge in [-0.2, -0.15) is 0 Å². The van der Waals surface area contributed by atoms with E-state index in [2.05, 4.69) is 41.1 Å². The molecule has 0 bridgehead atoms. The summed E-state index contributed by atoms with van der Waals surface area (Å²) in [6.07, 6.45) is 0.119. The highest BCUT2D eigenvalue weighted by Crippen LogP contribution is 2.23. The predicted molar refractivity (Wildman–Crippen MR) is 85.6 cm³/mol. The normalized spacial score (nSPS) is 20.0. The van der Waals surface area contributed by atoms with Crippen LogP contribution in [0.25, 0.3) is 10.9 Å². The summed E-state index contributed by atoms with van der Waals surface area (Å²) in [4.78, 5) is 6.85. The van der Waals surface area contributed by atoms with E-state index < -0.39 is 0 Å². The molecule has 1 saturated heterocycles. The molecule has 0 amide bonds. The van der Waals surface area contributed by atoms with Crippen LogP contribution in [0.5, 0.6) is 0 Å². The minimum atomic E-state index is 0.119. The highest BCUT2D eigenvalue weighted by atomic mass is 35.5. The van der Waals surface area contributed by atoms with Gasteiger partial charge in [0.2, 0.25) is 0 Å². The molecule has 21 heavy (non-hydrogen) atoms. The molecule has 2 N–H and O–H groups in total. The number of fused-ring (bicyclic) bond motifs is 1. The molecule has 0 spiro atoms. The van der Waals surface area contributed by atoms with Gasteiger partial charge in [-0.3, -0.25) is 4.90 Å². The third kappa shape index (κ3) is 3.35. The van der Waals surface area contributed by atoms with E-state index in [4.69, 9.17) is 22.1 Å². The average molecular weight is 306 g/mol. The van der Waals surface area contributed by atoms with Crippen LogP contribution in [-0.2, 0) is 11.3 Å². The first kappa shape index (κ1) is 14.7. The lowest BCUT2D eigenvalue weighted by Gasteiger charge is -2.32. The van der Waals surface area contributed by atoms with E-state index >= 15 is 0 Å². The maximum absolute atomic E-state index is 6.35. The largest absolute Gasteiger partial charge is 0.374 e. The van der Waals surface area contributed by atoms with Crippen molar-refractivity contribution in [3.05, 3.63) is 40.5 Å². The van der Waals surface area contributed by atoms with Crippen LogP contribution in [-0.4, -0.2) is 42.2 Å². The van der Waals surface area contributed by atoms with Gasteiger partial charge in [-0.15, -0.1) is 0 Å². The number of halogens is 1. The molecule has 1 aliphatic rings. The Morgan fingerprint density at radius 1 is 1.43 bits per heavy atom. The number of aromatic nitrogens is 1. The van der Waals surface area contributed by atoms with Crippen LogP contribution in [0.2, 0.25) is 5.15 Å². The van der Waals surface area contributed by atoms with Crippen LogP contribution >= 0.6 is 11.6 Å². The van der Waals surface area contributed by atoms with Crippen molar-refractivity contribution in [2.45, 2.75) is 19.6 Å². The number of hydrogen-bond acceptors (Lipinski definition) is 4. The van der Waals surface area contributed by atoms with Crippen molar-refractivity contribution >= 4 is 22.5 Å². The summed E-state index contributed by atoms with van der Waals surface area (Å²) in [7, 11) is 0. The average Bonchev–Trinajstić information content (AvgIpc) is 2.48. The lowest BCUT2D eigenvalue weighted by atomic mass is 10.1. The molecule has 112 valence electrons. The second-order valence-corrected chi connectivity index (χ2v) is 5.96. The number of nitrogens with zero attached hydrogens (tertiary/aromatic N) is 2. The number of rotatable bonds is 3. The van der Waals surface area contributed by atoms with E-state index in [0.29, 0.717) is 11.7 Å². The first-order valence-corrected chi connectivity index (χ1v) is 7.63. The van der Waals surface area contributed by atoms with Crippen molar-refractivity contribution in [1.29, 1.82) is 0 Å². The van der Waals surface area contributed by atoms with E-state index in [1.807, 2.05) is 0 Å². The zero-order valence-electron chi connectivity index (χ0n) is 12.2. The number of aryl methyl sites for hydroxylation is 1. The van der Waals surface area contributed by atoms with Gasteiger partial charge in [0.15, 0.2) is 0 Å². The minimum absolute atomic E-state index is 0.119. The van der Waals surface area contributed by atoms with Gasteiger partial charge in [0.05, 0.1) is 18.2 Å². The lowest BCUT2D eigenvalue weighted by Crippen LogP contribution is -2.45. The third-order valence-corrected chi connectivity index (χ3v) is 4.21. The molecule has 0 aliphatic carbocycles. The summed E-state index contributed by atoms with van der Waals surface area (Å²) in [6.45, 7) is 5.87. The lowest BCUT2D eigenvalue weighted by molar-refractivity contribution is -0.0260. The van der Waals surface area contributed by atoms with Crippen LogP contribution in [0.1, 0.15) is 11.1 Å².